The summed E-state index contributed by atoms with van der Waals surface area (Å²) in [5, 5.41) is 0. The van der Waals surface area contributed by atoms with Crippen LogP contribution in [-0.4, -0.2) is 92.5 Å². The fraction of sp³-hybridized carbons (Fsp3) is 0.800. The van der Waals surface area contributed by atoms with E-state index in [1.165, 1.54) is 10.6 Å². The number of piperazine rings is 1. The van der Waals surface area contributed by atoms with Crippen molar-refractivity contribution in [1.29, 1.82) is 0 Å². The fourth-order valence-corrected chi connectivity index (χ4v) is 4.31. The van der Waals surface area contributed by atoms with Crippen molar-refractivity contribution < 1.29 is 17.9 Å². The molecule has 0 aliphatic carbocycles. The summed E-state index contributed by atoms with van der Waals surface area (Å²) < 4.78 is 44.0. The normalized spacial score (nSPS) is 26.1. The number of alkyl halides is 3. The molecule has 0 aromatic rings. The molecular weight excluding hydrogens is 383 g/mol. The lowest BCUT2D eigenvalue weighted by Crippen LogP contribution is -2.54. The quantitative estimate of drug-likeness (QED) is 0.588. The molecule has 2 atom stereocenters. The second kappa shape index (κ2) is 9.78. The highest BCUT2D eigenvalue weighted by atomic mass is 19.4. The molecule has 2 N–H and O–H groups in total. The Hall–Kier alpha value is -1.13. The van der Waals surface area contributed by atoms with Crippen molar-refractivity contribution in [2.75, 3.05) is 60.0 Å². The van der Waals surface area contributed by atoms with E-state index in [2.05, 4.69) is 54.5 Å². The topological polar surface area (TPSA) is 43.0 Å². The minimum Gasteiger partial charge on any atom is -0.370 e. The van der Waals surface area contributed by atoms with E-state index in [4.69, 9.17) is 4.74 Å². The number of rotatable bonds is 8. The Morgan fingerprint density at radius 3 is 2.34 bits per heavy atom. The molecule has 1 saturated heterocycles. The van der Waals surface area contributed by atoms with Crippen LogP contribution in [0.15, 0.2) is 23.0 Å². The molecule has 0 aromatic heterocycles. The molecule has 0 radical (unpaired) electrons. The first-order valence-electron chi connectivity index (χ1n) is 10.2. The molecule has 0 amide bonds. The van der Waals surface area contributed by atoms with E-state index in [0.717, 1.165) is 17.7 Å². The van der Waals surface area contributed by atoms with Crippen LogP contribution >= 0.6 is 0 Å². The molecule has 6 nitrogen and oxygen atoms in total. The van der Waals surface area contributed by atoms with Crippen LogP contribution in [0.1, 0.15) is 27.7 Å². The Labute approximate surface area is 172 Å². The first-order chi connectivity index (χ1) is 13.6. The van der Waals surface area contributed by atoms with Crippen LogP contribution in [0.5, 0.6) is 0 Å². The maximum absolute atomic E-state index is 12.7. The molecule has 0 bridgehead atoms. The smallest absolute Gasteiger partial charge is 0.370 e. The fourth-order valence-electron chi connectivity index (χ4n) is 4.31. The summed E-state index contributed by atoms with van der Waals surface area (Å²) in [4.78, 5) is 6.01. The number of ether oxygens (including phenoxy) is 1. The molecule has 2 aliphatic rings. The average Bonchev–Trinajstić information content (AvgIpc) is 2.67. The Balaban J connectivity index is 2.20. The third kappa shape index (κ3) is 5.52. The van der Waals surface area contributed by atoms with E-state index >= 15 is 0 Å². The van der Waals surface area contributed by atoms with Crippen molar-refractivity contribution in [3.05, 3.63) is 23.0 Å². The molecule has 168 valence electrons. The van der Waals surface area contributed by atoms with Gasteiger partial charge in [-0.1, -0.05) is 0 Å². The van der Waals surface area contributed by atoms with Crippen molar-refractivity contribution in [2.24, 2.45) is 0 Å². The second-order valence-corrected chi connectivity index (χ2v) is 7.89. The second-order valence-electron chi connectivity index (χ2n) is 7.89. The molecule has 2 rings (SSSR count). The summed E-state index contributed by atoms with van der Waals surface area (Å²) >= 11 is 0. The molecular formula is C20H36F3N5O. The first-order valence-corrected chi connectivity index (χ1v) is 10.2. The Bertz CT molecular complexity index is 614. The van der Waals surface area contributed by atoms with Gasteiger partial charge < -0.3 is 9.64 Å². The Morgan fingerprint density at radius 2 is 1.86 bits per heavy atom. The minimum atomic E-state index is -4.14. The van der Waals surface area contributed by atoms with Gasteiger partial charge in [0, 0.05) is 64.3 Å². The van der Waals surface area contributed by atoms with E-state index in [0.29, 0.717) is 32.7 Å². The van der Waals surface area contributed by atoms with Gasteiger partial charge in [-0.15, -0.1) is 0 Å². The highest BCUT2D eigenvalue weighted by molar-refractivity contribution is 5.41. The van der Waals surface area contributed by atoms with Gasteiger partial charge in [-0.25, -0.2) is 0 Å². The number of halogens is 3. The summed E-state index contributed by atoms with van der Waals surface area (Å²) in [6.45, 7) is 11.1. The molecule has 2 aliphatic heterocycles. The van der Waals surface area contributed by atoms with Crippen molar-refractivity contribution in [3.8, 4) is 0 Å². The van der Waals surface area contributed by atoms with Gasteiger partial charge in [0.25, 0.3) is 0 Å². The van der Waals surface area contributed by atoms with Gasteiger partial charge in [0.05, 0.1) is 6.54 Å². The van der Waals surface area contributed by atoms with Gasteiger partial charge in [-0.05, 0) is 45.9 Å². The summed E-state index contributed by atoms with van der Waals surface area (Å²) in [7, 11) is 3.55. The van der Waals surface area contributed by atoms with Crippen LogP contribution in [0, 0.1) is 0 Å². The van der Waals surface area contributed by atoms with E-state index in [1.807, 2.05) is 7.05 Å². The van der Waals surface area contributed by atoms with Crippen LogP contribution < -0.4 is 10.9 Å². The van der Waals surface area contributed by atoms with Gasteiger partial charge in [-0.2, -0.15) is 13.2 Å². The predicted octanol–water partition coefficient (Wildman–Crippen LogP) is 2.18. The third-order valence-electron chi connectivity index (χ3n) is 6.29. The van der Waals surface area contributed by atoms with Crippen molar-refractivity contribution in [3.63, 3.8) is 0 Å². The van der Waals surface area contributed by atoms with Gasteiger partial charge in [0.15, 0.2) is 0 Å². The molecule has 1 fully saturated rings. The molecule has 2 heterocycles. The number of nitrogens with one attached hydrogen (secondary N) is 2. The van der Waals surface area contributed by atoms with Gasteiger partial charge >= 0.3 is 6.18 Å². The number of hydrazine groups is 1. The van der Waals surface area contributed by atoms with Crippen LogP contribution in [0.4, 0.5) is 13.2 Å². The highest BCUT2D eigenvalue weighted by Gasteiger charge is 2.40. The van der Waals surface area contributed by atoms with Gasteiger partial charge in [-0.3, -0.25) is 20.7 Å². The lowest BCUT2D eigenvalue weighted by Gasteiger charge is -2.46. The van der Waals surface area contributed by atoms with Gasteiger partial charge in [0.1, 0.15) is 5.60 Å². The van der Waals surface area contributed by atoms with Crippen LogP contribution in [0.25, 0.3) is 0 Å². The Morgan fingerprint density at radius 1 is 1.24 bits per heavy atom. The number of likely N-dealkylation sites (N-methyl/N-ethyl adjacent to an activating group) is 1. The minimum absolute atomic E-state index is 0.0903. The average molecular weight is 420 g/mol. The van der Waals surface area contributed by atoms with Crippen molar-refractivity contribution in [2.45, 2.75) is 45.5 Å². The standard InChI is InChI=1S/C20H36F3N5O/c1-7-27-13-17(12-25-24-5)19(4,29-6)15(2)18(27)16(3)28-10-8-26(9-11-28)14-20(21,22)23/h13,16,24-25H,7-12,14H2,1-6H3. The summed E-state index contributed by atoms with van der Waals surface area (Å²) in [6, 6.07) is 0.0903. The summed E-state index contributed by atoms with van der Waals surface area (Å²) in [5.41, 5.74) is 9.02. The van der Waals surface area contributed by atoms with E-state index in [-0.39, 0.29) is 6.04 Å². The monoisotopic (exact) mass is 419 g/mol. The lowest BCUT2D eigenvalue weighted by molar-refractivity contribution is -0.149. The van der Waals surface area contributed by atoms with Crippen molar-refractivity contribution >= 4 is 0 Å². The third-order valence-corrected chi connectivity index (χ3v) is 6.29. The van der Waals surface area contributed by atoms with Crippen molar-refractivity contribution in [1.82, 2.24) is 25.6 Å². The van der Waals surface area contributed by atoms with Crippen LogP contribution in [0.2, 0.25) is 0 Å². The predicted molar refractivity (Wildman–Crippen MR) is 109 cm³/mol. The maximum Gasteiger partial charge on any atom is 0.401 e. The van der Waals surface area contributed by atoms with E-state index in [9.17, 15) is 13.2 Å². The largest absolute Gasteiger partial charge is 0.401 e. The number of hydrogen-bond acceptors (Lipinski definition) is 6. The molecule has 9 heteroatoms. The van der Waals surface area contributed by atoms with Gasteiger partial charge in [0.2, 0.25) is 0 Å². The molecule has 29 heavy (non-hydrogen) atoms. The zero-order valence-electron chi connectivity index (χ0n) is 18.5. The zero-order valence-corrected chi connectivity index (χ0v) is 18.5. The zero-order chi connectivity index (χ0) is 21.8. The summed E-state index contributed by atoms with van der Waals surface area (Å²) in [5.74, 6) is 0. The molecule has 0 aromatic carbocycles. The summed E-state index contributed by atoms with van der Waals surface area (Å²) in [6.07, 6.45) is -2.00. The SMILES string of the molecule is CCN1C=C(CNNC)C(C)(OC)C(C)=C1C(C)N1CCN(CC(F)(F)F)CC1. The highest BCUT2D eigenvalue weighted by Crippen LogP contribution is 2.38. The lowest BCUT2D eigenvalue weighted by atomic mass is 9.82. The molecule has 2 unspecified atom stereocenters. The molecule has 0 saturated carbocycles. The number of methoxy groups -OCH3 is 1. The molecule has 0 spiro atoms. The Kier molecular flexibility index (Phi) is 8.15. The van der Waals surface area contributed by atoms with Crippen LogP contribution in [-0.2, 0) is 4.74 Å². The first kappa shape index (κ1) is 24.1. The van der Waals surface area contributed by atoms with E-state index < -0.39 is 18.3 Å². The maximum atomic E-state index is 12.7. The van der Waals surface area contributed by atoms with Crippen LogP contribution in [0.3, 0.4) is 0 Å². The van der Waals surface area contributed by atoms with E-state index in [1.54, 1.807) is 7.11 Å². The number of nitrogens with zero attached hydrogens (tertiary/aromatic N) is 3. The number of hydrogen-bond donors (Lipinski definition) is 2.